The van der Waals surface area contributed by atoms with Crippen LogP contribution in [-0.4, -0.2) is 20.7 Å². The third-order valence-electron chi connectivity index (χ3n) is 7.09. The SMILES string of the molecule is Cc1ccc(NC(=O)C23C[C@H]4C[C@@H](C2)CC(n2cnc(Br)n2)(C4)C3)c(C)c1. The van der Waals surface area contributed by atoms with Gasteiger partial charge in [0.25, 0.3) is 0 Å². The van der Waals surface area contributed by atoms with E-state index in [0.29, 0.717) is 16.6 Å². The fourth-order valence-electron chi connectivity index (χ4n) is 6.43. The molecule has 0 saturated heterocycles. The number of aromatic nitrogens is 3. The number of amides is 1. The Hall–Kier alpha value is -1.69. The van der Waals surface area contributed by atoms with Crippen LogP contribution in [0.1, 0.15) is 49.7 Å². The highest BCUT2D eigenvalue weighted by molar-refractivity contribution is 9.10. The molecule has 142 valence electrons. The van der Waals surface area contributed by atoms with Gasteiger partial charge in [-0.3, -0.25) is 4.79 Å². The normalized spacial score (nSPS) is 34.0. The molecule has 4 atom stereocenters. The standard InChI is InChI=1S/C21H25BrN4O/c1-13-3-4-17(14(2)5-13)24-18(27)20-7-15-6-16(8-20)10-21(9-15,11-20)26-12-23-19(22)25-26/h3-5,12,15-16H,6-11H2,1-2H3,(H,24,27)/t15-,16+,20?,21?. The minimum atomic E-state index is -0.278. The minimum absolute atomic E-state index is 0.0528. The molecule has 1 aromatic heterocycles. The number of carbonyl (C=O) groups excluding carboxylic acids is 1. The van der Waals surface area contributed by atoms with Crippen molar-refractivity contribution in [3.05, 3.63) is 40.4 Å². The summed E-state index contributed by atoms with van der Waals surface area (Å²) < 4.78 is 2.68. The van der Waals surface area contributed by atoms with E-state index in [1.54, 1.807) is 0 Å². The Bertz CT molecular complexity index is 907. The van der Waals surface area contributed by atoms with E-state index in [0.717, 1.165) is 43.4 Å². The van der Waals surface area contributed by atoms with E-state index in [9.17, 15) is 4.79 Å². The van der Waals surface area contributed by atoms with E-state index in [4.69, 9.17) is 0 Å². The Labute approximate surface area is 168 Å². The lowest BCUT2D eigenvalue weighted by Gasteiger charge is -2.60. The van der Waals surface area contributed by atoms with Gasteiger partial charge in [-0.25, -0.2) is 9.67 Å². The van der Waals surface area contributed by atoms with Gasteiger partial charge in [0.15, 0.2) is 0 Å². The molecule has 4 fully saturated rings. The summed E-state index contributed by atoms with van der Waals surface area (Å²) in [6.45, 7) is 4.15. The molecule has 4 bridgehead atoms. The van der Waals surface area contributed by atoms with Crippen molar-refractivity contribution < 1.29 is 4.79 Å². The number of aryl methyl sites for hydroxylation is 2. The molecule has 1 amide bonds. The smallest absolute Gasteiger partial charge is 0.230 e. The molecule has 4 aliphatic carbocycles. The second kappa shape index (κ2) is 5.90. The fraction of sp³-hybridized carbons (Fsp3) is 0.571. The van der Waals surface area contributed by atoms with Gasteiger partial charge in [0.05, 0.1) is 11.0 Å². The second-order valence-electron chi connectivity index (χ2n) is 9.20. The Morgan fingerprint density at radius 2 is 1.96 bits per heavy atom. The first-order chi connectivity index (χ1) is 12.9. The molecule has 2 aromatic rings. The number of anilines is 1. The predicted molar refractivity (Wildman–Crippen MR) is 107 cm³/mol. The first kappa shape index (κ1) is 17.4. The quantitative estimate of drug-likeness (QED) is 0.777. The first-order valence-electron chi connectivity index (χ1n) is 9.84. The van der Waals surface area contributed by atoms with E-state index >= 15 is 0 Å². The molecule has 2 unspecified atom stereocenters. The Morgan fingerprint density at radius 1 is 1.22 bits per heavy atom. The lowest BCUT2D eigenvalue weighted by atomic mass is 9.46. The molecule has 6 heteroatoms. The average molecular weight is 429 g/mol. The molecule has 1 heterocycles. The maximum atomic E-state index is 13.5. The molecule has 0 radical (unpaired) electrons. The van der Waals surface area contributed by atoms with Gasteiger partial charge in [-0.1, -0.05) is 17.7 Å². The zero-order valence-electron chi connectivity index (χ0n) is 15.8. The zero-order chi connectivity index (χ0) is 18.8. The van der Waals surface area contributed by atoms with Crippen LogP contribution in [0.25, 0.3) is 0 Å². The second-order valence-corrected chi connectivity index (χ2v) is 9.91. The monoisotopic (exact) mass is 428 g/mol. The molecule has 6 rings (SSSR count). The largest absolute Gasteiger partial charge is 0.325 e. The van der Waals surface area contributed by atoms with Crippen LogP contribution in [0.2, 0.25) is 0 Å². The molecule has 4 aliphatic rings. The third kappa shape index (κ3) is 2.75. The number of hydrogen-bond acceptors (Lipinski definition) is 3. The van der Waals surface area contributed by atoms with Gasteiger partial charge in [-0.15, -0.1) is 5.10 Å². The van der Waals surface area contributed by atoms with Gasteiger partial charge in [-0.05, 0) is 91.8 Å². The number of benzene rings is 1. The Balaban J connectivity index is 1.47. The fourth-order valence-corrected chi connectivity index (χ4v) is 6.69. The molecule has 5 nitrogen and oxygen atoms in total. The van der Waals surface area contributed by atoms with E-state index in [1.165, 1.54) is 12.0 Å². The van der Waals surface area contributed by atoms with Crippen molar-refractivity contribution in [3.8, 4) is 0 Å². The summed E-state index contributed by atoms with van der Waals surface area (Å²) in [5, 5.41) is 7.86. The number of halogens is 1. The van der Waals surface area contributed by atoms with Crippen LogP contribution in [0.4, 0.5) is 5.69 Å². The minimum Gasteiger partial charge on any atom is -0.325 e. The van der Waals surface area contributed by atoms with E-state index in [-0.39, 0.29) is 16.9 Å². The van der Waals surface area contributed by atoms with E-state index < -0.39 is 0 Å². The van der Waals surface area contributed by atoms with Gasteiger partial charge in [0.1, 0.15) is 6.33 Å². The number of carbonyl (C=O) groups is 1. The molecule has 27 heavy (non-hydrogen) atoms. The number of nitrogens with one attached hydrogen (secondary N) is 1. The zero-order valence-corrected chi connectivity index (χ0v) is 17.4. The topological polar surface area (TPSA) is 59.8 Å². The molecule has 4 saturated carbocycles. The van der Waals surface area contributed by atoms with Crippen molar-refractivity contribution in [3.63, 3.8) is 0 Å². The molecule has 1 aromatic carbocycles. The van der Waals surface area contributed by atoms with Crippen LogP contribution in [0, 0.1) is 31.1 Å². The summed E-state index contributed by atoms with van der Waals surface area (Å²) in [5.41, 5.74) is 2.96. The van der Waals surface area contributed by atoms with Crippen molar-refractivity contribution in [2.24, 2.45) is 17.3 Å². The van der Waals surface area contributed by atoms with Crippen molar-refractivity contribution in [1.29, 1.82) is 0 Å². The molecular formula is C21H25BrN4O. The van der Waals surface area contributed by atoms with Crippen LogP contribution >= 0.6 is 15.9 Å². The highest BCUT2D eigenvalue weighted by Gasteiger charge is 2.61. The van der Waals surface area contributed by atoms with Crippen LogP contribution < -0.4 is 5.32 Å². The third-order valence-corrected chi connectivity index (χ3v) is 7.46. The van der Waals surface area contributed by atoms with Crippen LogP contribution in [-0.2, 0) is 10.3 Å². The van der Waals surface area contributed by atoms with Crippen LogP contribution in [0.3, 0.4) is 0 Å². The average Bonchev–Trinajstić information content (AvgIpc) is 3.03. The lowest BCUT2D eigenvalue weighted by Crippen LogP contribution is -2.60. The number of nitrogens with zero attached hydrogens (tertiary/aromatic N) is 3. The first-order valence-corrected chi connectivity index (χ1v) is 10.6. The van der Waals surface area contributed by atoms with Crippen molar-refractivity contribution in [1.82, 2.24) is 14.8 Å². The van der Waals surface area contributed by atoms with Gasteiger partial charge in [-0.2, -0.15) is 0 Å². The summed E-state index contributed by atoms with van der Waals surface area (Å²) >= 11 is 3.39. The van der Waals surface area contributed by atoms with Crippen molar-refractivity contribution in [2.45, 2.75) is 57.9 Å². The van der Waals surface area contributed by atoms with E-state index in [1.807, 2.05) is 17.1 Å². The summed E-state index contributed by atoms with van der Waals surface area (Å²) in [4.78, 5) is 17.8. The molecule has 0 spiro atoms. The van der Waals surface area contributed by atoms with Gasteiger partial charge in [0, 0.05) is 5.69 Å². The van der Waals surface area contributed by atoms with Gasteiger partial charge in [0.2, 0.25) is 10.6 Å². The van der Waals surface area contributed by atoms with Crippen LogP contribution in [0.15, 0.2) is 29.3 Å². The molecule has 1 N–H and O–H groups in total. The van der Waals surface area contributed by atoms with Crippen molar-refractivity contribution >= 4 is 27.5 Å². The number of hydrogen-bond donors (Lipinski definition) is 1. The molecule has 0 aliphatic heterocycles. The maximum absolute atomic E-state index is 13.5. The highest BCUT2D eigenvalue weighted by atomic mass is 79.9. The number of rotatable bonds is 3. The summed E-state index contributed by atoms with van der Waals surface area (Å²) in [5.74, 6) is 1.42. The summed E-state index contributed by atoms with van der Waals surface area (Å²) in [6, 6.07) is 6.23. The maximum Gasteiger partial charge on any atom is 0.230 e. The van der Waals surface area contributed by atoms with Crippen molar-refractivity contribution in [2.75, 3.05) is 5.32 Å². The van der Waals surface area contributed by atoms with Gasteiger partial charge >= 0.3 is 0 Å². The lowest BCUT2D eigenvalue weighted by molar-refractivity contribution is -0.150. The molecular weight excluding hydrogens is 404 g/mol. The highest BCUT2D eigenvalue weighted by Crippen LogP contribution is 2.64. The summed E-state index contributed by atoms with van der Waals surface area (Å²) in [7, 11) is 0. The van der Waals surface area contributed by atoms with Crippen LogP contribution in [0.5, 0.6) is 0 Å². The van der Waals surface area contributed by atoms with Gasteiger partial charge < -0.3 is 5.32 Å². The summed E-state index contributed by atoms with van der Waals surface area (Å²) in [6.07, 6.45) is 8.24. The Kier molecular flexibility index (Phi) is 3.81. The van der Waals surface area contributed by atoms with E-state index in [2.05, 4.69) is 57.3 Å². The Morgan fingerprint density at radius 3 is 2.59 bits per heavy atom. The predicted octanol–water partition coefficient (Wildman–Crippen LogP) is 4.59.